The molecule has 0 radical (unpaired) electrons. The first-order valence-corrected chi connectivity index (χ1v) is 18.3. The second-order valence-electron chi connectivity index (χ2n) is 13.8. The quantitative estimate of drug-likeness (QED) is 0.234. The Labute approximate surface area is 299 Å². The van der Waals surface area contributed by atoms with Crippen LogP contribution in [0.15, 0.2) is 103 Å². The number of aromatic nitrogens is 6. The third kappa shape index (κ3) is 6.86. The van der Waals surface area contributed by atoms with E-state index >= 15 is 0 Å². The summed E-state index contributed by atoms with van der Waals surface area (Å²) in [5.41, 5.74) is 3.10. The zero-order chi connectivity index (χ0) is 35.0. The maximum absolute atomic E-state index is 14.2. The van der Waals surface area contributed by atoms with Crippen LogP contribution in [0.4, 0.5) is 0 Å². The topological polar surface area (TPSA) is 122 Å². The molecule has 0 saturated carbocycles. The molecule has 1 amide bonds. The Bertz CT molecular complexity index is 2190. The van der Waals surface area contributed by atoms with Crippen molar-refractivity contribution in [1.82, 2.24) is 39.1 Å². The highest BCUT2D eigenvalue weighted by Crippen LogP contribution is 2.37. The van der Waals surface area contributed by atoms with E-state index in [9.17, 15) is 14.7 Å². The van der Waals surface area contributed by atoms with Crippen LogP contribution < -0.4 is 5.56 Å². The zero-order valence-electron chi connectivity index (χ0n) is 28.5. The summed E-state index contributed by atoms with van der Waals surface area (Å²) in [4.78, 5) is 46.9. The molecule has 0 spiro atoms. The van der Waals surface area contributed by atoms with Gasteiger partial charge in [0.1, 0.15) is 16.7 Å². The number of rotatable bonds is 8. The van der Waals surface area contributed by atoms with E-state index in [0.717, 1.165) is 48.0 Å². The number of benzene rings is 2. The number of nitrogens with zero attached hydrogens (tertiary/aromatic N) is 8. The molecule has 1 N–H and O–H groups in total. The maximum Gasteiger partial charge on any atom is 0.264 e. The van der Waals surface area contributed by atoms with Gasteiger partial charge < -0.3 is 10.0 Å². The molecule has 0 bridgehead atoms. The van der Waals surface area contributed by atoms with Crippen molar-refractivity contribution >= 4 is 28.3 Å². The molecule has 2 aromatic carbocycles. The van der Waals surface area contributed by atoms with E-state index in [4.69, 9.17) is 0 Å². The smallest absolute Gasteiger partial charge is 0.264 e. The molecule has 11 nitrogen and oxygen atoms in total. The number of fused-ring (bicyclic) bond motifs is 1. The molecule has 6 heterocycles. The summed E-state index contributed by atoms with van der Waals surface area (Å²) in [7, 11) is 0. The molecule has 4 aromatic heterocycles. The number of para-hydroxylation sites is 1. The van der Waals surface area contributed by atoms with Crippen LogP contribution in [-0.2, 0) is 17.9 Å². The fourth-order valence-electron chi connectivity index (χ4n) is 7.50. The summed E-state index contributed by atoms with van der Waals surface area (Å²) in [6.07, 6.45) is 8.38. The summed E-state index contributed by atoms with van der Waals surface area (Å²) < 4.78 is 3.12. The third-order valence-electron chi connectivity index (χ3n) is 10.4. The van der Waals surface area contributed by atoms with E-state index in [-0.39, 0.29) is 29.8 Å². The summed E-state index contributed by atoms with van der Waals surface area (Å²) in [5.74, 6) is 0.0436. The Morgan fingerprint density at radius 3 is 2.43 bits per heavy atom. The van der Waals surface area contributed by atoms with Crippen molar-refractivity contribution in [1.29, 1.82) is 0 Å². The first-order chi connectivity index (χ1) is 24.8. The Balaban J connectivity index is 0.929. The summed E-state index contributed by atoms with van der Waals surface area (Å²) in [6, 6.07) is 24.0. The highest BCUT2D eigenvalue weighted by molar-refractivity contribution is 7.15. The van der Waals surface area contributed by atoms with E-state index in [1.807, 2.05) is 78.8 Å². The number of amides is 1. The monoisotopic (exact) mass is 700 g/mol. The molecule has 2 fully saturated rings. The Morgan fingerprint density at radius 1 is 0.922 bits per heavy atom. The van der Waals surface area contributed by atoms with Gasteiger partial charge in [0.15, 0.2) is 5.65 Å². The van der Waals surface area contributed by atoms with Crippen LogP contribution in [0.2, 0.25) is 0 Å². The van der Waals surface area contributed by atoms with Crippen molar-refractivity contribution in [2.75, 3.05) is 26.2 Å². The molecule has 51 heavy (non-hydrogen) atoms. The Kier molecular flexibility index (Phi) is 9.05. The molecular formula is C39H40N8O3S. The lowest BCUT2D eigenvalue weighted by atomic mass is 9.79. The predicted molar refractivity (Wildman–Crippen MR) is 197 cm³/mol. The Morgan fingerprint density at radius 2 is 1.69 bits per heavy atom. The van der Waals surface area contributed by atoms with Crippen LogP contribution in [0.5, 0.6) is 0 Å². The number of aliphatic hydroxyl groups is 1. The number of carbonyl (C=O) groups excluding carboxylic acids is 1. The predicted octanol–water partition coefficient (Wildman–Crippen LogP) is 5.07. The largest absolute Gasteiger partial charge is 0.388 e. The second-order valence-corrected chi connectivity index (χ2v) is 14.9. The van der Waals surface area contributed by atoms with Crippen LogP contribution in [0.25, 0.3) is 27.3 Å². The average molecular weight is 701 g/mol. The number of hydrogen-bond acceptors (Lipinski definition) is 9. The first-order valence-electron chi connectivity index (χ1n) is 17.5. The highest BCUT2D eigenvalue weighted by atomic mass is 32.1. The number of pyridine rings is 1. The van der Waals surface area contributed by atoms with Gasteiger partial charge in [-0.15, -0.1) is 11.3 Å². The van der Waals surface area contributed by atoms with Gasteiger partial charge in [-0.2, -0.15) is 5.10 Å². The van der Waals surface area contributed by atoms with Crippen LogP contribution in [0.3, 0.4) is 0 Å². The summed E-state index contributed by atoms with van der Waals surface area (Å²) >= 11 is 1.69. The summed E-state index contributed by atoms with van der Waals surface area (Å²) in [5, 5.41) is 17.4. The van der Waals surface area contributed by atoms with Crippen LogP contribution in [0, 0.1) is 12.8 Å². The van der Waals surface area contributed by atoms with Gasteiger partial charge in [0, 0.05) is 66.5 Å². The molecule has 0 aliphatic carbocycles. The van der Waals surface area contributed by atoms with E-state index in [1.54, 1.807) is 16.0 Å². The minimum Gasteiger partial charge on any atom is -0.388 e. The minimum atomic E-state index is -1.13. The van der Waals surface area contributed by atoms with Crippen LogP contribution >= 0.6 is 11.3 Å². The van der Waals surface area contributed by atoms with Crippen molar-refractivity contribution in [2.24, 2.45) is 5.92 Å². The number of carbonyl (C=O) groups is 1. The SMILES string of the molecule is Cc1ccc(-c2ncc(CN3CC[C@@H](C(=O)N4CCC(O)(Cn5cnc6c(cnn6-c6ccccc6)c5=O)CC4)[C@H](c4ccccc4)C3)s2)cn1. The van der Waals surface area contributed by atoms with Gasteiger partial charge in [-0.25, -0.2) is 14.6 Å². The van der Waals surface area contributed by atoms with Gasteiger partial charge in [0.2, 0.25) is 5.91 Å². The highest BCUT2D eigenvalue weighted by Gasteiger charge is 2.41. The van der Waals surface area contributed by atoms with Crippen molar-refractivity contribution in [3.05, 3.63) is 124 Å². The second kappa shape index (κ2) is 13.9. The van der Waals surface area contributed by atoms with Crippen molar-refractivity contribution in [3.63, 3.8) is 0 Å². The van der Waals surface area contributed by atoms with Gasteiger partial charge in [-0.1, -0.05) is 48.5 Å². The van der Waals surface area contributed by atoms with Crippen LogP contribution in [-0.4, -0.2) is 81.9 Å². The van der Waals surface area contributed by atoms with Gasteiger partial charge in [-0.3, -0.25) is 24.0 Å². The van der Waals surface area contributed by atoms with E-state index in [0.29, 0.717) is 37.0 Å². The molecule has 2 saturated heterocycles. The summed E-state index contributed by atoms with van der Waals surface area (Å²) in [6.45, 7) is 5.33. The first kappa shape index (κ1) is 33.1. The third-order valence-corrected chi connectivity index (χ3v) is 11.4. The molecule has 2 atom stereocenters. The molecule has 2 aliphatic rings. The van der Waals surface area contributed by atoms with Gasteiger partial charge in [-0.05, 0) is 62.6 Å². The molecule has 0 unspecified atom stereocenters. The maximum atomic E-state index is 14.2. The van der Waals surface area contributed by atoms with Gasteiger partial charge in [0.25, 0.3) is 5.56 Å². The normalized spacial score (nSPS) is 19.4. The molecule has 2 aliphatic heterocycles. The molecule has 8 rings (SSSR count). The fraction of sp³-hybridized carbons (Fsp3) is 0.333. The molecular weight excluding hydrogens is 661 g/mol. The molecule has 6 aromatic rings. The lowest BCUT2D eigenvalue weighted by Crippen LogP contribution is -2.53. The van der Waals surface area contributed by atoms with Crippen molar-refractivity contribution in [3.8, 4) is 16.3 Å². The average Bonchev–Trinajstić information content (AvgIpc) is 3.82. The Hall–Kier alpha value is -5.04. The number of hydrogen-bond donors (Lipinski definition) is 1. The lowest BCUT2D eigenvalue weighted by molar-refractivity contribution is -0.142. The standard InChI is InChI=1S/C39H40N8O3S/c1-27-12-13-29(20-40-27)36-41-21-31(51-36)23-44-17-14-32(34(24-44)28-8-4-2-5-9-28)37(48)45-18-15-39(50,16-19-45)25-46-26-42-35-33(38(46)49)22-43-47(35)30-10-6-3-7-11-30/h2-13,20-22,26,32,34,50H,14-19,23-25H2,1H3/t32-,34+/m1/s1. The number of likely N-dealkylation sites (tertiary alicyclic amines) is 2. The lowest BCUT2D eigenvalue weighted by Gasteiger charge is -2.43. The number of thiazole rings is 1. The molecule has 12 heteroatoms. The van der Waals surface area contributed by atoms with Crippen LogP contribution in [0.1, 0.15) is 41.3 Å². The van der Waals surface area contributed by atoms with Crippen molar-refractivity contribution < 1.29 is 9.90 Å². The van der Waals surface area contributed by atoms with Gasteiger partial charge >= 0.3 is 0 Å². The fourth-order valence-corrected chi connectivity index (χ4v) is 8.44. The minimum absolute atomic E-state index is 0.0510. The van der Waals surface area contributed by atoms with E-state index in [2.05, 4.69) is 43.1 Å². The zero-order valence-corrected chi connectivity index (χ0v) is 29.3. The molecule has 260 valence electrons. The van der Waals surface area contributed by atoms with E-state index in [1.165, 1.54) is 27.5 Å². The number of aryl methyl sites for hydroxylation is 1. The van der Waals surface area contributed by atoms with Crippen molar-refractivity contribution in [2.45, 2.75) is 50.8 Å². The number of piperidine rings is 2. The van der Waals surface area contributed by atoms with E-state index < -0.39 is 5.60 Å². The van der Waals surface area contributed by atoms with Gasteiger partial charge in [0.05, 0.1) is 24.0 Å².